The maximum absolute atomic E-state index is 2.58. The third-order valence-corrected chi connectivity index (χ3v) is 13.3. The maximum Gasteiger partial charge on any atom is 0.252 e. The molecule has 3 heteroatoms. The van der Waals surface area contributed by atoms with Gasteiger partial charge in [0.2, 0.25) is 0 Å². The van der Waals surface area contributed by atoms with Gasteiger partial charge < -0.3 is 9.80 Å². The fourth-order valence-corrected chi connectivity index (χ4v) is 10.9. The first-order valence-electron chi connectivity index (χ1n) is 20.7. The van der Waals surface area contributed by atoms with Crippen LogP contribution in [0.15, 0.2) is 188 Å². The highest BCUT2D eigenvalue weighted by molar-refractivity contribution is 7.00. The molecule has 0 spiro atoms. The summed E-state index contributed by atoms with van der Waals surface area (Å²) in [5, 5.41) is 15.4. The molecule has 2 aliphatic heterocycles. The number of nitrogens with zero attached hydrogens (tertiary/aromatic N) is 2. The molecule has 0 saturated heterocycles. The summed E-state index contributed by atoms with van der Waals surface area (Å²) >= 11 is 0. The average molecular weight is 749 g/mol. The van der Waals surface area contributed by atoms with Crippen molar-refractivity contribution < 1.29 is 0 Å². The van der Waals surface area contributed by atoms with E-state index in [0.29, 0.717) is 0 Å². The number of rotatable bonds is 2. The second kappa shape index (κ2) is 12.1. The lowest BCUT2D eigenvalue weighted by Crippen LogP contribution is -2.61. The molecule has 0 bridgehead atoms. The molecule has 2 aliphatic rings. The predicted molar refractivity (Wildman–Crippen MR) is 255 cm³/mol. The number of hydrogen-bond donors (Lipinski definition) is 0. The molecule has 274 valence electrons. The van der Waals surface area contributed by atoms with Crippen molar-refractivity contribution in [1.82, 2.24) is 0 Å². The van der Waals surface area contributed by atoms with Crippen LogP contribution in [0.3, 0.4) is 0 Å². The van der Waals surface area contributed by atoms with Crippen molar-refractivity contribution in [2.45, 2.75) is 13.8 Å². The molecule has 0 aliphatic carbocycles. The largest absolute Gasteiger partial charge is 0.311 e. The van der Waals surface area contributed by atoms with Crippen molar-refractivity contribution in [3.8, 4) is 0 Å². The second-order valence-electron chi connectivity index (χ2n) is 16.6. The number of fused-ring (bicyclic) bond motifs is 16. The van der Waals surface area contributed by atoms with Gasteiger partial charge in [-0.2, -0.15) is 0 Å². The van der Waals surface area contributed by atoms with Crippen molar-refractivity contribution in [3.63, 3.8) is 0 Å². The first-order chi connectivity index (χ1) is 29.1. The van der Waals surface area contributed by atoms with Gasteiger partial charge in [-0.3, -0.25) is 0 Å². The molecule has 0 saturated carbocycles. The summed E-state index contributed by atoms with van der Waals surface area (Å²) < 4.78 is 0. The first kappa shape index (κ1) is 32.7. The number of hydrogen-bond acceptors (Lipinski definition) is 2. The van der Waals surface area contributed by atoms with E-state index in [4.69, 9.17) is 0 Å². The van der Waals surface area contributed by atoms with E-state index in [1.807, 2.05) is 0 Å². The van der Waals surface area contributed by atoms with Gasteiger partial charge >= 0.3 is 0 Å². The Balaban J connectivity index is 1.13. The Hall–Kier alpha value is -7.36. The zero-order valence-corrected chi connectivity index (χ0v) is 32.9. The lowest BCUT2D eigenvalue weighted by atomic mass is 9.33. The highest BCUT2D eigenvalue weighted by atomic mass is 15.2. The Morgan fingerprint density at radius 2 is 0.712 bits per heavy atom. The third kappa shape index (κ3) is 4.48. The van der Waals surface area contributed by atoms with Crippen LogP contribution in [-0.4, -0.2) is 6.71 Å². The van der Waals surface area contributed by atoms with Gasteiger partial charge in [-0.25, -0.2) is 0 Å². The molecule has 0 unspecified atom stereocenters. The van der Waals surface area contributed by atoms with E-state index in [-0.39, 0.29) is 6.71 Å². The van der Waals surface area contributed by atoms with Gasteiger partial charge in [0.25, 0.3) is 6.71 Å². The Kier molecular flexibility index (Phi) is 6.70. The molecule has 2 nitrogen and oxygen atoms in total. The van der Waals surface area contributed by atoms with E-state index in [1.165, 1.54) is 126 Å². The van der Waals surface area contributed by atoms with E-state index in [0.717, 1.165) is 0 Å². The second-order valence-corrected chi connectivity index (χ2v) is 16.6. The molecule has 2 heterocycles. The summed E-state index contributed by atoms with van der Waals surface area (Å²) in [4.78, 5) is 5.12. The maximum atomic E-state index is 2.58. The molecule has 0 fully saturated rings. The standard InChI is InChI=1S/C56H37BN2/c1-34-25-29-50-48(31-34)57-49-32-35(2)26-30-51(49)59(52-22-11-21-46-42-17-7-5-16-40(42)41-18-9-10-20-45(41)55(46)52)54-24-12-23-53(56(54)57)58(50)36-27-28-44-39-15-4-3-13-37(39)38-14-6-8-19-43(38)47(44)33-36/h3-33H,1-2H3. The van der Waals surface area contributed by atoms with Crippen LogP contribution < -0.4 is 26.2 Å². The topological polar surface area (TPSA) is 6.48 Å². The monoisotopic (exact) mass is 748 g/mol. The fraction of sp³-hybridized carbons (Fsp3) is 0.0357. The zero-order chi connectivity index (χ0) is 38.9. The minimum absolute atomic E-state index is 0.0660. The van der Waals surface area contributed by atoms with Crippen molar-refractivity contribution >= 4 is 122 Å². The van der Waals surface area contributed by atoms with Crippen LogP contribution in [0.25, 0.3) is 64.6 Å². The van der Waals surface area contributed by atoms with Crippen LogP contribution in [0.1, 0.15) is 11.1 Å². The van der Waals surface area contributed by atoms with Gasteiger partial charge in [-0.1, -0.05) is 157 Å². The Morgan fingerprint density at radius 1 is 0.305 bits per heavy atom. The summed E-state index contributed by atoms with van der Waals surface area (Å²) in [5.41, 5.74) is 13.8. The molecular weight excluding hydrogens is 711 g/mol. The molecule has 0 amide bonds. The highest BCUT2D eigenvalue weighted by Crippen LogP contribution is 2.49. The number of benzene rings is 11. The molecule has 0 radical (unpaired) electrons. The molecule has 59 heavy (non-hydrogen) atoms. The highest BCUT2D eigenvalue weighted by Gasteiger charge is 2.43. The summed E-state index contributed by atoms with van der Waals surface area (Å²) in [7, 11) is 0. The quantitative estimate of drug-likeness (QED) is 0.128. The SMILES string of the molecule is Cc1ccc2c(c1)B1c3cc(C)ccc3N(c3cccc4c5ccccc5c5ccccc5c34)c3cccc(c31)N2c1ccc2c3ccccc3c3ccccc3c2c1. The van der Waals surface area contributed by atoms with E-state index in [9.17, 15) is 0 Å². The van der Waals surface area contributed by atoms with Crippen molar-refractivity contribution in [2.75, 3.05) is 9.80 Å². The van der Waals surface area contributed by atoms with Crippen LogP contribution in [0.5, 0.6) is 0 Å². The Bertz CT molecular complexity index is 3540. The van der Waals surface area contributed by atoms with Gasteiger partial charge in [-0.15, -0.1) is 0 Å². The smallest absolute Gasteiger partial charge is 0.252 e. The minimum atomic E-state index is 0.0660. The summed E-state index contributed by atoms with van der Waals surface area (Å²) in [6, 6.07) is 70.8. The van der Waals surface area contributed by atoms with Crippen molar-refractivity contribution in [2.24, 2.45) is 0 Å². The summed E-state index contributed by atoms with van der Waals surface area (Å²) in [6.07, 6.45) is 0. The van der Waals surface area contributed by atoms with Crippen LogP contribution in [0.2, 0.25) is 0 Å². The van der Waals surface area contributed by atoms with Crippen molar-refractivity contribution in [1.29, 1.82) is 0 Å². The van der Waals surface area contributed by atoms with E-state index >= 15 is 0 Å². The third-order valence-electron chi connectivity index (χ3n) is 13.3. The van der Waals surface area contributed by atoms with Gasteiger partial charge in [0.05, 0.1) is 5.69 Å². The Labute approximate surface area is 343 Å². The van der Waals surface area contributed by atoms with E-state index in [2.05, 4.69) is 212 Å². The van der Waals surface area contributed by atoms with E-state index < -0.39 is 0 Å². The number of aryl methyl sites for hydroxylation is 2. The minimum Gasteiger partial charge on any atom is -0.311 e. The van der Waals surface area contributed by atoms with Gasteiger partial charge in [0.1, 0.15) is 0 Å². The van der Waals surface area contributed by atoms with E-state index in [1.54, 1.807) is 0 Å². The predicted octanol–water partition coefficient (Wildman–Crippen LogP) is 13.3. The normalized spacial score (nSPS) is 13.2. The molecule has 0 N–H and O–H groups in total. The molecule has 0 aromatic heterocycles. The zero-order valence-electron chi connectivity index (χ0n) is 32.9. The van der Waals surface area contributed by atoms with Gasteiger partial charge in [-0.05, 0) is 132 Å². The lowest BCUT2D eigenvalue weighted by molar-refractivity contribution is 1.25. The lowest BCUT2D eigenvalue weighted by Gasteiger charge is -2.44. The molecule has 0 atom stereocenters. The molecule has 11 aromatic rings. The summed E-state index contributed by atoms with van der Waals surface area (Å²) in [6.45, 7) is 4.53. The molecular formula is C56H37BN2. The van der Waals surface area contributed by atoms with Crippen molar-refractivity contribution in [3.05, 3.63) is 199 Å². The molecule has 13 rings (SSSR count). The summed E-state index contributed by atoms with van der Waals surface area (Å²) in [5.74, 6) is 0. The van der Waals surface area contributed by atoms with Crippen LogP contribution in [0, 0.1) is 13.8 Å². The van der Waals surface area contributed by atoms with Crippen LogP contribution in [0.4, 0.5) is 34.1 Å². The van der Waals surface area contributed by atoms with Gasteiger partial charge in [0.15, 0.2) is 0 Å². The molecule has 11 aromatic carbocycles. The van der Waals surface area contributed by atoms with Crippen LogP contribution in [-0.2, 0) is 0 Å². The van der Waals surface area contributed by atoms with Crippen LogP contribution >= 0.6 is 0 Å². The van der Waals surface area contributed by atoms with Gasteiger partial charge in [0, 0.05) is 33.8 Å². The first-order valence-corrected chi connectivity index (χ1v) is 20.7. The Morgan fingerprint density at radius 3 is 1.27 bits per heavy atom. The fourth-order valence-electron chi connectivity index (χ4n) is 10.9. The average Bonchev–Trinajstić information content (AvgIpc) is 3.29. The number of anilines is 6.